The smallest absolute Gasteiger partial charge is 0.260 e. The third-order valence-corrected chi connectivity index (χ3v) is 4.62. The number of pyridine rings is 1. The van der Waals surface area contributed by atoms with Gasteiger partial charge in [-0.25, -0.2) is 13.1 Å². The summed E-state index contributed by atoms with van der Waals surface area (Å²) in [6.07, 6.45) is 1.59. The second-order valence-electron chi connectivity index (χ2n) is 4.80. The van der Waals surface area contributed by atoms with E-state index in [4.69, 9.17) is 0 Å². The van der Waals surface area contributed by atoms with E-state index in [1.807, 2.05) is 13.0 Å². The van der Waals surface area contributed by atoms with Crippen LogP contribution in [0.4, 0.5) is 5.69 Å². The summed E-state index contributed by atoms with van der Waals surface area (Å²) in [6, 6.07) is 7.31. The van der Waals surface area contributed by atoms with Gasteiger partial charge in [0.15, 0.2) is 0 Å². The molecular formula is C14H15N3O4S. The molecule has 0 radical (unpaired) electrons. The Morgan fingerprint density at radius 2 is 1.95 bits per heavy atom. The highest BCUT2D eigenvalue weighted by molar-refractivity contribution is 7.89. The number of rotatable bonds is 5. The molecule has 2 aromatic rings. The molecule has 7 nitrogen and oxygen atoms in total. The summed E-state index contributed by atoms with van der Waals surface area (Å²) in [4.78, 5) is 14.3. The van der Waals surface area contributed by atoms with Crippen molar-refractivity contribution < 1.29 is 13.3 Å². The average Bonchev–Trinajstić information content (AvgIpc) is 2.46. The first-order chi connectivity index (χ1) is 10.3. The normalized spacial score (nSPS) is 11.4. The molecule has 1 aromatic heterocycles. The van der Waals surface area contributed by atoms with Crippen molar-refractivity contribution in [2.45, 2.75) is 25.3 Å². The molecular weight excluding hydrogens is 306 g/mol. The molecule has 2 rings (SSSR count). The average molecular weight is 321 g/mol. The van der Waals surface area contributed by atoms with Crippen LogP contribution in [0.5, 0.6) is 0 Å². The Hall–Kier alpha value is -2.32. The van der Waals surface area contributed by atoms with E-state index in [0.717, 1.165) is 5.56 Å². The SMILES string of the molecule is Cc1cc(S(=O)(=O)NCc2ncccc2C)ccc1[N+](=O)[O-]. The minimum atomic E-state index is -3.75. The van der Waals surface area contributed by atoms with Crippen molar-refractivity contribution >= 4 is 15.7 Å². The molecule has 1 heterocycles. The highest BCUT2D eigenvalue weighted by atomic mass is 32.2. The standard InChI is InChI=1S/C14H15N3O4S/c1-10-4-3-7-15-13(10)9-16-22(20,21)12-5-6-14(17(18)19)11(2)8-12/h3-8,16H,9H2,1-2H3. The fraction of sp³-hybridized carbons (Fsp3) is 0.214. The van der Waals surface area contributed by atoms with Gasteiger partial charge >= 0.3 is 0 Å². The van der Waals surface area contributed by atoms with Gasteiger partial charge in [-0.3, -0.25) is 15.1 Å². The summed E-state index contributed by atoms with van der Waals surface area (Å²) in [6.45, 7) is 3.40. The van der Waals surface area contributed by atoms with E-state index >= 15 is 0 Å². The highest BCUT2D eigenvalue weighted by Gasteiger charge is 2.18. The van der Waals surface area contributed by atoms with Crippen LogP contribution in [0.2, 0.25) is 0 Å². The number of nitrogens with zero attached hydrogens (tertiary/aromatic N) is 2. The Balaban J connectivity index is 2.22. The number of hydrogen-bond acceptors (Lipinski definition) is 5. The van der Waals surface area contributed by atoms with Crippen molar-refractivity contribution in [3.8, 4) is 0 Å². The van der Waals surface area contributed by atoms with Gasteiger partial charge in [0.2, 0.25) is 10.0 Å². The Kier molecular flexibility index (Phi) is 4.53. The number of benzene rings is 1. The third kappa shape index (κ3) is 3.46. The van der Waals surface area contributed by atoms with E-state index in [2.05, 4.69) is 9.71 Å². The number of aromatic nitrogens is 1. The topological polar surface area (TPSA) is 102 Å². The molecule has 1 N–H and O–H groups in total. The lowest BCUT2D eigenvalue weighted by Gasteiger charge is -2.08. The Bertz CT molecular complexity index is 819. The fourth-order valence-electron chi connectivity index (χ4n) is 1.95. The van der Waals surface area contributed by atoms with Gasteiger partial charge in [-0.05, 0) is 37.6 Å². The summed E-state index contributed by atoms with van der Waals surface area (Å²) >= 11 is 0. The van der Waals surface area contributed by atoms with Crippen molar-refractivity contribution in [3.63, 3.8) is 0 Å². The molecule has 0 amide bonds. The van der Waals surface area contributed by atoms with Crippen LogP contribution in [0.3, 0.4) is 0 Å². The predicted octanol–water partition coefficient (Wildman–Crippen LogP) is 2.09. The molecule has 0 bridgehead atoms. The molecule has 0 aliphatic carbocycles. The van der Waals surface area contributed by atoms with Crippen LogP contribution in [0, 0.1) is 24.0 Å². The van der Waals surface area contributed by atoms with Crippen LogP contribution in [0.15, 0.2) is 41.4 Å². The van der Waals surface area contributed by atoms with Gasteiger partial charge in [-0.1, -0.05) is 6.07 Å². The maximum absolute atomic E-state index is 12.2. The van der Waals surface area contributed by atoms with Crippen molar-refractivity contribution in [2.75, 3.05) is 0 Å². The predicted molar refractivity (Wildman–Crippen MR) is 80.8 cm³/mol. The van der Waals surface area contributed by atoms with Crippen molar-refractivity contribution in [1.82, 2.24) is 9.71 Å². The molecule has 0 unspecified atom stereocenters. The van der Waals surface area contributed by atoms with E-state index in [0.29, 0.717) is 11.3 Å². The lowest BCUT2D eigenvalue weighted by atomic mass is 10.2. The molecule has 116 valence electrons. The first-order valence-electron chi connectivity index (χ1n) is 6.46. The highest BCUT2D eigenvalue weighted by Crippen LogP contribution is 2.21. The van der Waals surface area contributed by atoms with E-state index in [9.17, 15) is 18.5 Å². The molecule has 0 saturated carbocycles. The van der Waals surface area contributed by atoms with Gasteiger partial charge in [0.25, 0.3) is 5.69 Å². The van der Waals surface area contributed by atoms with Crippen LogP contribution in [0.1, 0.15) is 16.8 Å². The zero-order chi connectivity index (χ0) is 16.3. The lowest BCUT2D eigenvalue weighted by molar-refractivity contribution is -0.385. The first kappa shape index (κ1) is 16.1. The Morgan fingerprint density at radius 1 is 1.23 bits per heavy atom. The lowest BCUT2D eigenvalue weighted by Crippen LogP contribution is -2.24. The number of nitrogens with one attached hydrogen (secondary N) is 1. The molecule has 0 aliphatic heterocycles. The maximum atomic E-state index is 12.2. The zero-order valence-corrected chi connectivity index (χ0v) is 12.9. The van der Waals surface area contributed by atoms with E-state index in [-0.39, 0.29) is 17.1 Å². The molecule has 0 aliphatic rings. The largest absolute Gasteiger partial charge is 0.272 e. The molecule has 0 fully saturated rings. The summed E-state index contributed by atoms with van der Waals surface area (Å²) in [5.41, 5.74) is 1.69. The number of hydrogen-bond donors (Lipinski definition) is 1. The molecule has 0 atom stereocenters. The van der Waals surface area contributed by atoms with Gasteiger partial charge in [0.1, 0.15) is 0 Å². The van der Waals surface area contributed by atoms with Crippen LogP contribution in [-0.2, 0) is 16.6 Å². The van der Waals surface area contributed by atoms with Crippen molar-refractivity contribution in [3.05, 3.63) is 63.5 Å². The Morgan fingerprint density at radius 3 is 2.55 bits per heavy atom. The maximum Gasteiger partial charge on any atom is 0.272 e. The minimum Gasteiger partial charge on any atom is -0.260 e. The quantitative estimate of drug-likeness (QED) is 0.671. The third-order valence-electron chi connectivity index (χ3n) is 3.22. The molecule has 22 heavy (non-hydrogen) atoms. The fourth-order valence-corrected chi connectivity index (χ4v) is 3.02. The van der Waals surface area contributed by atoms with Crippen molar-refractivity contribution in [2.24, 2.45) is 0 Å². The van der Waals surface area contributed by atoms with Gasteiger partial charge in [-0.2, -0.15) is 0 Å². The number of nitro benzene ring substituents is 1. The number of sulfonamides is 1. The van der Waals surface area contributed by atoms with Gasteiger partial charge in [0.05, 0.1) is 22.1 Å². The molecule has 1 aromatic carbocycles. The molecule has 0 saturated heterocycles. The van der Waals surface area contributed by atoms with Gasteiger partial charge in [-0.15, -0.1) is 0 Å². The zero-order valence-electron chi connectivity index (χ0n) is 12.1. The Labute approximate surface area is 128 Å². The van der Waals surface area contributed by atoms with E-state index in [1.54, 1.807) is 12.3 Å². The second kappa shape index (κ2) is 6.20. The second-order valence-corrected chi connectivity index (χ2v) is 6.56. The van der Waals surface area contributed by atoms with Crippen LogP contribution in [-0.4, -0.2) is 18.3 Å². The molecule has 0 spiro atoms. The van der Waals surface area contributed by atoms with Gasteiger partial charge in [0, 0.05) is 17.8 Å². The van der Waals surface area contributed by atoms with Crippen LogP contribution in [0.25, 0.3) is 0 Å². The number of nitro groups is 1. The van der Waals surface area contributed by atoms with E-state index < -0.39 is 14.9 Å². The monoisotopic (exact) mass is 321 g/mol. The van der Waals surface area contributed by atoms with Gasteiger partial charge < -0.3 is 0 Å². The summed E-state index contributed by atoms with van der Waals surface area (Å²) in [5.74, 6) is 0. The van der Waals surface area contributed by atoms with Crippen LogP contribution < -0.4 is 4.72 Å². The number of aryl methyl sites for hydroxylation is 2. The van der Waals surface area contributed by atoms with E-state index in [1.165, 1.54) is 25.1 Å². The summed E-state index contributed by atoms with van der Waals surface area (Å²) in [5, 5.41) is 10.8. The summed E-state index contributed by atoms with van der Waals surface area (Å²) in [7, 11) is -3.75. The van der Waals surface area contributed by atoms with Crippen LogP contribution >= 0.6 is 0 Å². The first-order valence-corrected chi connectivity index (χ1v) is 7.95. The minimum absolute atomic E-state index is 0.0100. The van der Waals surface area contributed by atoms with Crippen molar-refractivity contribution in [1.29, 1.82) is 0 Å². The molecule has 8 heteroatoms. The summed E-state index contributed by atoms with van der Waals surface area (Å²) < 4.78 is 26.9.